The number of nitrogens with one attached hydrogen (secondary N) is 1. The highest BCUT2D eigenvalue weighted by atomic mass is 35.5. The number of ether oxygens (including phenoxy) is 1. The highest BCUT2D eigenvalue weighted by Crippen LogP contribution is 2.27. The Balaban J connectivity index is 1.77. The first-order chi connectivity index (χ1) is 12.6. The summed E-state index contributed by atoms with van der Waals surface area (Å²) in [6.45, 7) is 0. The number of carbonyl (C=O) groups excluding carboxylic acids is 2. The van der Waals surface area contributed by atoms with Crippen LogP contribution in [-0.4, -0.2) is 24.0 Å². The number of hydrogen-bond donors (Lipinski definition) is 1. The molecule has 0 fully saturated rings. The molecular weight excluding hydrogens is 392 g/mol. The molecule has 0 bridgehead atoms. The van der Waals surface area contributed by atoms with Crippen LogP contribution in [0.4, 0.5) is 0 Å². The fourth-order valence-corrected chi connectivity index (χ4v) is 4.09. The second kappa shape index (κ2) is 8.44. The molecule has 26 heavy (non-hydrogen) atoms. The van der Waals surface area contributed by atoms with E-state index >= 15 is 0 Å². The number of thiophene rings is 1. The van der Waals surface area contributed by atoms with E-state index in [4.69, 9.17) is 16.3 Å². The zero-order valence-corrected chi connectivity index (χ0v) is 16.2. The van der Waals surface area contributed by atoms with Crippen molar-refractivity contribution in [1.29, 1.82) is 0 Å². The number of thiazole rings is 1. The molecule has 2 aromatic heterocycles. The highest BCUT2D eigenvalue weighted by molar-refractivity contribution is 7.13. The van der Waals surface area contributed by atoms with Crippen molar-refractivity contribution < 1.29 is 14.3 Å². The molecular formula is C18H15ClN2O3S2. The summed E-state index contributed by atoms with van der Waals surface area (Å²) in [5.74, 6) is -0.724. The molecule has 3 rings (SSSR count). The largest absolute Gasteiger partial charge is 0.469 e. The van der Waals surface area contributed by atoms with Crippen LogP contribution in [0.5, 0.6) is 0 Å². The molecule has 134 valence electrons. The number of aromatic nitrogens is 1. The van der Waals surface area contributed by atoms with Crippen LogP contribution in [0.25, 0.3) is 10.6 Å². The quantitative estimate of drug-likeness (QED) is 0.609. The van der Waals surface area contributed by atoms with Gasteiger partial charge in [0.05, 0.1) is 19.6 Å². The number of benzene rings is 1. The Labute approximate surface area is 163 Å². The summed E-state index contributed by atoms with van der Waals surface area (Å²) in [7, 11) is 1.33. The molecule has 1 unspecified atom stereocenters. The predicted octanol–water partition coefficient (Wildman–Crippen LogP) is 4.56. The highest BCUT2D eigenvalue weighted by Gasteiger charge is 2.22. The number of hydrogen-bond acceptors (Lipinski definition) is 6. The third-order valence-electron chi connectivity index (χ3n) is 3.60. The van der Waals surface area contributed by atoms with E-state index < -0.39 is 6.04 Å². The molecule has 1 N–H and O–H groups in total. The Morgan fingerprint density at radius 2 is 2.12 bits per heavy atom. The van der Waals surface area contributed by atoms with Crippen LogP contribution >= 0.6 is 34.3 Å². The average Bonchev–Trinajstić information content (AvgIpc) is 3.32. The van der Waals surface area contributed by atoms with Crippen molar-refractivity contribution in [3.8, 4) is 10.6 Å². The third kappa shape index (κ3) is 4.49. The number of halogens is 1. The van der Waals surface area contributed by atoms with Gasteiger partial charge in [0.2, 0.25) is 0 Å². The Morgan fingerprint density at radius 3 is 2.81 bits per heavy atom. The van der Waals surface area contributed by atoms with Gasteiger partial charge in [0, 0.05) is 20.8 Å². The van der Waals surface area contributed by atoms with Crippen molar-refractivity contribution in [2.75, 3.05) is 7.11 Å². The molecule has 0 spiro atoms. The Morgan fingerprint density at radius 1 is 1.27 bits per heavy atom. The Bertz CT molecular complexity index is 909. The van der Waals surface area contributed by atoms with Crippen LogP contribution < -0.4 is 5.32 Å². The third-order valence-corrected chi connectivity index (χ3v) is 5.71. The van der Waals surface area contributed by atoms with Crippen LogP contribution in [0.3, 0.4) is 0 Å². The maximum absolute atomic E-state index is 12.6. The van der Waals surface area contributed by atoms with E-state index in [0.717, 1.165) is 10.4 Å². The van der Waals surface area contributed by atoms with Crippen LogP contribution in [-0.2, 0) is 9.53 Å². The lowest BCUT2D eigenvalue weighted by molar-refractivity contribution is -0.141. The summed E-state index contributed by atoms with van der Waals surface area (Å²) in [6.07, 6.45) is 0.0635. The van der Waals surface area contributed by atoms with Crippen molar-refractivity contribution in [3.05, 3.63) is 62.8 Å². The van der Waals surface area contributed by atoms with Gasteiger partial charge in [-0.25, -0.2) is 4.98 Å². The summed E-state index contributed by atoms with van der Waals surface area (Å²) in [5, 5.41) is 7.77. The van der Waals surface area contributed by atoms with E-state index in [0.29, 0.717) is 15.7 Å². The monoisotopic (exact) mass is 406 g/mol. The molecule has 8 heteroatoms. The predicted molar refractivity (Wildman–Crippen MR) is 104 cm³/mol. The van der Waals surface area contributed by atoms with Gasteiger partial charge < -0.3 is 10.1 Å². The SMILES string of the molecule is COC(=O)CC(NC(=O)c1csc(-c2cccc(Cl)c2)n1)c1cccs1. The molecule has 2 heterocycles. The van der Waals surface area contributed by atoms with Crippen LogP contribution in [0.1, 0.15) is 27.8 Å². The zero-order valence-electron chi connectivity index (χ0n) is 13.8. The maximum Gasteiger partial charge on any atom is 0.307 e. The van der Waals surface area contributed by atoms with Gasteiger partial charge in [0.1, 0.15) is 10.7 Å². The molecule has 0 aliphatic carbocycles. The second-order valence-electron chi connectivity index (χ2n) is 5.37. The van der Waals surface area contributed by atoms with Gasteiger partial charge in [-0.2, -0.15) is 0 Å². The molecule has 0 aliphatic rings. The molecule has 0 saturated carbocycles. The number of carbonyl (C=O) groups is 2. The van der Waals surface area contributed by atoms with Crippen molar-refractivity contribution >= 4 is 46.2 Å². The minimum Gasteiger partial charge on any atom is -0.469 e. The fourth-order valence-electron chi connectivity index (χ4n) is 2.33. The molecule has 0 aliphatic heterocycles. The Hall–Kier alpha value is -2.22. The second-order valence-corrected chi connectivity index (χ2v) is 7.64. The normalized spacial score (nSPS) is 11.8. The number of amides is 1. The lowest BCUT2D eigenvalue weighted by atomic mass is 10.1. The van der Waals surface area contributed by atoms with E-state index in [1.165, 1.54) is 29.8 Å². The van der Waals surface area contributed by atoms with E-state index in [-0.39, 0.29) is 18.3 Å². The number of nitrogens with zero attached hydrogens (tertiary/aromatic N) is 1. The standard InChI is InChI=1S/C18H15ClN2O3S2/c1-24-16(22)9-13(15-6-3-7-25-15)20-17(23)14-10-26-18(21-14)11-4-2-5-12(19)8-11/h2-8,10,13H,9H2,1H3,(H,20,23). The smallest absolute Gasteiger partial charge is 0.307 e. The fraction of sp³-hybridized carbons (Fsp3) is 0.167. The van der Waals surface area contributed by atoms with E-state index in [1.54, 1.807) is 17.5 Å². The van der Waals surface area contributed by atoms with Gasteiger partial charge in [-0.15, -0.1) is 22.7 Å². The maximum atomic E-state index is 12.6. The number of esters is 1. The molecule has 0 saturated heterocycles. The summed E-state index contributed by atoms with van der Waals surface area (Å²) < 4.78 is 4.73. The number of rotatable bonds is 6. The van der Waals surface area contributed by atoms with Crippen LogP contribution in [0, 0.1) is 0 Å². The van der Waals surface area contributed by atoms with Gasteiger partial charge in [-0.05, 0) is 23.6 Å². The summed E-state index contributed by atoms with van der Waals surface area (Å²) >= 11 is 8.84. The van der Waals surface area contributed by atoms with E-state index in [1.807, 2.05) is 29.6 Å². The van der Waals surface area contributed by atoms with Crippen molar-refractivity contribution in [3.63, 3.8) is 0 Å². The van der Waals surface area contributed by atoms with Crippen LogP contribution in [0.15, 0.2) is 47.2 Å². The Kier molecular flexibility index (Phi) is 6.03. The molecule has 5 nitrogen and oxygen atoms in total. The minimum atomic E-state index is -0.453. The minimum absolute atomic E-state index is 0.0635. The van der Waals surface area contributed by atoms with Gasteiger partial charge in [-0.1, -0.05) is 29.8 Å². The van der Waals surface area contributed by atoms with Crippen molar-refractivity contribution in [2.45, 2.75) is 12.5 Å². The molecule has 1 amide bonds. The lowest BCUT2D eigenvalue weighted by Crippen LogP contribution is -2.30. The zero-order chi connectivity index (χ0) is 18.5. The summed E-state index contributed by atoms with van der Waals surface area (Å²) in [5.41, 5.74) is 1.15. The van der Waals surface area contributed by atoms with Gasteiger partial charge in [-0.3, -0.25) is 9.59 Å². The van der Waals surface area contributed by atoms with Gasteiger partial charge in [0.25, 0.3) is 5.91 Å². The van der Waals surface area contributed by atoms with Crippen molar-refractivity contribution in [1.82, 2.24) is 10.3 Å². The summed E-state index contributed by atoms with van der Waals surface area (Å²) in [6, 6.07) is 10.6. The van der Waals surface area contributed by atoms with Crippen LogP contribution in [0.2, 0.25) is 5.02 Å². The topological polar surface area (TPSA) is 68.3 Å². The van der Waals surface area contributed by atoms with Gasteiger partial charge >= 0.3 is 5.97 Å². The first-order valence-electron chi connectivity index (χ1n) is 7.69. The first-order valence-corrected chi connectivity index (χ1v) is 9.83. The van der Waals surface area contributed by atoms with Gasteiger partial charge in [0.15, 0.2) is 0 Å². The average molecular weight is 407 g/mol. The molecule has 1 atom stereocenters. The molecule has 1 aromatic carbocycles. The number of methoxy groups -OCH3 is 1. The molecule has 0 radical (unpaired) electrons. The molecule has 3 aromatic rings. The first kappa shape index (κ1) is 18.6. The van der Waals surface area contributed by atoms with E-state index in [9.17, 15) is 9.59 Å². The van der Waals surface area contributed by atoms with E-state index in [2.05, 4.69) is 10.3 Å². The van der Waals surface area contributed by atoms with Crippen molar-refractivity contribution in [2.24, 2.45) is 0 Å². The summed E-state index contributed by atoms with van der Waals surface area (Å²) in [4.78, 5) is 29.5. The lowest BCUT2D eigenvalue weighted by Gasteiger charge is -2.15.